The molecule has 0 saturated carbocycles. The lowest BCUT2D eigenvalue weighted by molar-refractivity contribution is 0.0433. The van der Waals surface area contributed by atoms with E-state index in [9.17, 15) is 4.79 Å². The van der Waals surface area contributed by atoms with Crippen molar-refractivity contribution >= 4 is 11.5 Å². The van der Waals surface area contributed by atoms with Crippen LogP contribution in [-0.4, -0.2) is 18.0 Å². The van der Waals surface area contributed by atoms with E-state index >= 15 is 0 Å². The van der Waals surface area contributed by atoms with Gasteiger partial charge in [-0.25, -0.2) is 0 Å². The van der Waals surface area contributed by atoms with Crippen LogP contribution in [0, 0.1) is 6.92 Å². The number of carbonyl (C=O) groups is 1. The highest BCUT2D eigenvalue weighted by Crippen LogP contribution is 2.24. The van der Waals surface area contributed by atoms with E-state index < -0.39 is 0 Å². The highest BCUT2D eigenvalue weighted by Gasteiger charge is 2.29. The molecule has 0 aromatic heterocycles. The van der Waals surface area contributed by atoms with Gasteiger partial charge in [-0.2, -0.15) is 0 Å². The van der Waals surface area contributed by atoms with Crippen LogP contribution in [0.2, 0.25) is 0 Å². The molecule has 1 fully saturated rings. The molecule has 1 aliphatic heterocycles. The van der Waals surface area contributed by atoms with Gasteiger partial charge in [-0.05, 0) is 50.5 Å². The standard InChI is InChI=1S/C13H17NO2/c1-8-7-10(14)4-5-11(8)13(15)12-6-3-9(2)16-12/h4-5,7,9,12H,3,6,14H2,1-2H3. The van der Waals surface area contributed by atoms with E-state index in [1.54, 1.807) is 12.1 Å². The second-order valence-corrected chi connectivity index (χ2v) is 4.45. The molecule has 2 rings (SSSR count). The number of nitrogen functional groups attached to an aromatic ring is 1. The summed E-state index contributed by atoms with van der Waals surface area (Å²) in [5.74, 6) is 0.0850. The van der Waals surface area contributed by atoms with E-state index in [0.29, 0.717) is 5.69 Å². The van der Waals surface area contributed by atoms with Gasteiger partial charge in [0.2, 0.25) is 0 Å². The van der Waals surface area contributed by atoms with Crippen LogP contribution >= 0.6 is 0 Å². The van der Waals surface area contributed by atoms with Gasteiger partial charge in [0, 0.05) is 11.3 Å². The number of hydrogen-bond acceptors (Lipinski definition) is 3. The smallest absolute Gasteiger partial charge is 0.191 e. The van der Waals surface area contributed by atoms with Gasteiger partial charge in [0.1, 0.15) is 6.10 Å². The van der Waals surface area contributed by atoms with Gasteiger partial charge in [0.25, 0.3) is 0 Å². The monoisotopic (exact) mass is 219 g/mol. The van der Waals surface area contributed by atoms with E-state index in [1.165, 1.54) is 0 Å². The molecule has 2 unspecified atom stereocenters. The molecule has 0 bridgehead atoms. The van der Waals surface area contributed by atoms with Gasteiger partial charge in [0.05, 0.1) is 6.10 Å². The fraction of sp³-hybridized carbons (Fsp3) is 0.462. The Morgan fingerprint density at radius 2 is 2.19 bits per heavy atom. The molecule has 2 N–H and O–H groups in total. The summed E-state index contributed by atoms with van der Waals surface area (Å²) in [5.41, 5.74) is 8.00. The molecule has 0 aliphatic carbocycles. The number of Topliss-reactive ketones (excluding diaryl/α,β-unsaturated/α-hetero) is 1. The molecule has 2 atom stereocenters. The maximum Gasteiger partial charge on any atom is 0.191 e. The highest BCUT2D eigenvalue weighted by atomic mass is 16.5. The number of hydrogen-bond donors (Lipinski definition) is 1. The molecule has 16 heavy (non-hydrogen) atoms. The molecular formula is C13H17NO2. The van der Waals surface area contributed by atoms with Gasteiger partial charge in [0.15, 0.2) is 5.78 Å². The lowest BCUT2D eigenvalue weighted by Gasteiger charge is -2.12. The number of ether oxygens (including phenoxy) is 1. The van der Waals surface area contributed by atoms with Crippen molar-refractivity contribution < 1.29 is 9.53 Å². The normalized spacial score (nSPS) is 24.6. The molecule has 1 saturated heterocycles. The Kier molecular flexibility index (Phi) is 2.97. The Morgan fingerprint density at radius 1 is 1.44 bits per heavy atom. The van der Waals surface area contributed by atoms with Gasteiger partial charge in [-0.3, -0.25) is 4.79 Å². The number of carbonyl (C=O) groups excluding carboxylic acids is 1. The molecule has 1 aromatic carbocycles. The Bertz CT molecular complexity index is 414. The van der Waals surface area contributed by atoms with Crippen molar-refractivity contribution in [3.63, 3.8) is 0 Å². The summed E-state index contributed by atoms with van der Waals surface area (Å²) in [6.07, 6.45) is 1.72. The first-order valence-electron chi connectivity index (χ1n) is 5.63. The third-order valence-corrected chi connectivity index (χ3v) is 3.04. The average molecular weight is 219 g/mol. The van der Waals surface area contributed by atoms with Gasteiger partial charge in [-0.1, -0.05) is 0 Å². The van der Waals surface area contributed by atoms with Crippen molar-refractivity contribution in [2.24, 2.45) is 0 Å². The SMILES string of the molecule is Cc1cc(N)ccc1C(=O)C1CCC(C)O1. The molecular weight excluding hydrogens is 202 g/mol. The summed E-state index contributed by atoms with van der Waals surface area (Å²) in [5, 5.41) is 0. The number of ketones is 1. The lowest BCUT2D eigenvalue weighted by atomic mass is 9.99. The first-order chi connectivity index (χ1) is 7.58. The molecule has 0 spiro atoms. The minimum Gasteiger partial charge on any atom is -0.399 e. The fourth-order valence-electron chi connectivity index (χ4n) is 2.13. The van der Waals surface area contributed by atoms with Crippen molar-refractivity contribution in [3.8, 4) is 0 Å². The summed E-state index contributed by atoms with van der Waals surface area (Å²) >= 11 is 0. The molecule has 1 heterocycles. The summed E-state index contributed by atoms with van der Waals surface area (Å²) in [7, 11) is 0. The fourth-order valence-corrected chi connectivity index (χ4v) is 2.13. The van der Waals surface area contributed by atoms with E-state index in [4.69, 9.17) is 10.5 Å². The second kappa shape index (κ2) is 4.26. The van der Waals surface area contributed by atoms with Crippen LogP contribution in [0.25, 0.3) is 0 Å². The molecule has 0 amide bonds. The van der Waals surface area contributed by atoms with Crippen molar-refractivity contribution in [1.29, 1.82) is 0 Å². The van der Waals surface area contributed by atoms with Gasteiger partial charge < -0.3 is 10.5 Å². The maximum atomic E-state index is 12.2. The van der Waals surface area contributed by atoms with Gasteiger partial charge in [-0.15, -0.1) is 0 Å². The van der Waals surface area contributed by atoms with E-state index in [0.717, 1.165) is 24.0 Å². The molecule has 1 aliphatic rings. The minimum atomic E-state index is -0.266. The summed E-state index contributed by atoms with van der Waals surface area (Å²) in [6.45, 7) is 3.91. The first-order valence-corrected chi connectivity index (χ1v) is 5.63. The Hall–Kier alpha value is -1.35. The predicted octanol–water partition coefficient (Wildman–Crippen LogP) is 2.33. The molecule has 3 nitrogen and oxygen atoms in total. The van der Waals surface area contributed by atoms with Crippen molar-refractivity contribution in [1.82, 2.24) is 0 Å². The topological polar surface area (TPSA) is 52.3 Å². The lowest BCUT2D eigenvalue weighted by Crippen LogP contribution is -2.21. The average Bonchev–Trinajstić information content (AvgIpc) is 2.64. The van der Waals surface area contributed by atoms with E-state index in [2.05, 4.69) is 0 Å². The zero-order chi connectivity index (χ0) is 11.7. The Morgan fingerprint density at radius 3 is 2.75 bits per heavy atom. The zero-order valence-electron chi connectivity index (χ0n) is 9.69. The van der Waals surface area contributed by atoms with Crippen LogP contribution in [0.1, 0.15) is 35.7 Å². The van der Waals surface area contributed by atoms with Crippen LogP contribution < -0.4 is 5.73 Å². The van der Waals surface area contributed by atoms with Crippen molar-refractivity contribution in [3.05, 3.63) is 29.3 Å². The maximum absolute atomic E-state index is 12.2. The van der Waals surface area contributed by atoms with Gasteiger partial charge >= 0.3 is 0 Å². The number of benzene rings is 1. The molecule has 1 aromatic rings. The van der Waals surface area contributed by atoms with E-state index in [-0.39, 0.29) is 18.0 Å². The second-order valence-electron chi connectivity index (χ2n) is 4.45. The van der Waals surface area contributed by atoms with Crippen LogP contribution in [-0.2, 0) is 4.74 Å². The number of anilines is 1. The third-order valence-electron chi connectivity index (χ3n) is 3.04. The number of nitrogens with two attached hydrogens (primary N) is 1. The summed E-state index contributed by atoms with van der Waals surface area (Å²) in [6, 6.07) is 5.38. The van der Waals surface area contributed by atoms with E-state index in [1.807, 2.05) is 19.9 Å². The van der Waals surface area contributed by atoms with Crippen LogP contribution in [0.5, 0.6) is 0 Å². The third kappa shape index (κ3) is 2.09. The minimum absolute atomic E-state index is 0.0850. The molecule has 3 heteroatoms. The Labute approximate surface area is 95.6 Å². The molecule has 0 radical (unpaired) electrons. The quantitative estimate of drug-likeness (QED) is 0.613. The number of aryl methyl sites for hydroxylation is 1. The molecule has 86 valence electrons. The van der Waals surface area contributed by atoms with Crippen molar-refractivity contribution in [2.45, 2.75) is 38.9 Å². The highest BCUT2D eigenvalue weighted by molar-refractivity contribution is 6.01. The zero-order valence-corrected chi connectivity index (χ0v) is 9.69. The number of rotatable bonds is 2. The summed E-state index contributed by atoms with van der Waals surface area (Å²) in [4.78, 5) is 12.2. The predicted molar refractivity (Wildman–Crippen MR) is 63.5 cm³/mol. The largest absolute Gasteiger partial charge is 0.399 e. The van der Waals surface area contributed by atoms with Crippen LogP contribution in [0.3, 0.4) is 0 Å². The Balaban J connectivity index is 2.21. The van der Waals surface area contributed by atoms with Crippen LogP contribution in [0.15, 0.2) is 18.2 Å². The first kappa shape index (κ1) is 11.1. The van der Waals surface area contributed by atoms with Crippen LogP contribution in [0.4, 0.5) is 5.69 Å². The van der Waals surface area contributed by atoms with Crippen molar-refractivity contribution in [2.75, 3.05) is 5.73 Å². The summed E-state index contributed by atoms with van der Waals surface area (Å²) < 4.78 is 5.58.